The second kappa shape index (κ2) is 8.29. The summed E-state index contributed by atoms with van der Waals surface area (Å²) in [6.07, 6.45) is 1.77. The van der Waals surface area contributed by atoms with Gasteiger partial charge in [-0.15, -0.1) is 0 Å². The number of rotatable bonds is 7. The summed E-state index contributed by atoms with van der Waals surface area (Å²) in [6.45, 7) is 3.38. The number of nitrogens with two attached hydrogens (primary N) is 1. The summed E-state index contributed by atoms with van der Waals surface area (Å²) < 4.78 is 0. The van der Waals surface area contributed by atoms with Gasteiger partial charge in [0, 0.05) is 44.4 Å². The van der Waals surface area contributed by atoms with Gasteiger partial charge in [0.15, 0.2) is 0 Å². The van der Waals surface area contributed by atoms with Crippen molar-refractivity contribution in [3.05, 3.63) is 59.8 Å². The number of amides is 1. The van der Waals surface area contributed by atoms with Crippen molar-refractivity contribution < 1.29 is 4.79 Å². The van der Waals surface area contributed by atoms with Crippen molar-refractivity contribution in [3.8, 4) is 0 Å². The maximum absolute atomic E-state index is 11.9. The zero-order valence-electron chi connectivity index (χ0n) is 13.7. The predicted molar refractivity (Wildman–Crippen MR) is 92.9 cm³/mol. The molecule has 0 saturated carbocycles. The third-order valence-electron chi connectivity index (χ3n) is 3.75. The highest BCUT2D eigenvalue weighted by molar-refractivity contribution is 5.78. The van der Waals surface area contributed by atoms with Gasteiger partial charge in [0.25, 0.3) is 0 Å². The van der Waals surface area contributed by atoms with Gasteiger partial charge in [-0.2, -0.15) is 0 Å². The molecule has 0 aliphatic carbocycles. The number of anilines is 1. The van der Waals surface area contributed by atoms with Crippen molar-refractivity contribution in [2.24, 2.45) is 11.7 Å². The molecule has 23 heavy (non-hydrogen) atoms. The Kier molecular flexibility index (Phi) is 6.11. The van der Waals surface area contributed by atoms with Crippen molar-refractivity contribution in [3.63, 3.8) is 0 Å². The highest BCUT2D eigenvalue weighted by Gasteiger charge is 2.13. The Balaban J connectivity index is 2.06. The number of nitrogens with zero attached hydrogens (tertiary/aromatic N) is 2. The average Bonchev–Trinajstić information content (AvgIpc) is 2.60. The van der Waals surface area contributed by atoms with E-state index >= 15 is 0 Å². The quantitative estimate of drug-likeness (QED) is 0.819. The first kappa shape index (κ1) is 17.0. The zero-order valence-corrected chi connectivity index (χ0v) is 13.7. The lowest BCUT2D eigenvalue weighted by Gasteiger charge is -2.21. The standard InChI is InChI=1S/C18H24N4O/c1-14(11-19)18(23)21-12-16-9-6-10-20-17(16)22(2)13-15-7-4-3-5-8-15/h3-10,14H,11-13,19H2,1-2H3,(H,21,23)/t14-/m0/s1. The van der Waals surface area contributed by atoms with Crippen LogP contribution < -0.4 is 16.0 Å². The number of carbonyl (C=O) groups excluding carboxylic acids is 1. The second-order valence-electron chi connectivity index (χ2n) is 5.68. The molecule has 3 N–H and O–H groups in total. The van der Waals surface area contributed by atoms with Gasteiger partial charge in [0.2, 0.25) is 5.91 Å². The lowest BCUT2D eigenvalue weighted by molar-refractivity contribution is -0.124. The number of pyridine rings is 1. The molecule has 0 fully saturated rings. The molecule has 5 nitrogen and oxygen atoms in total. The van der Waals surface area contributed by atoms with Crippen LogP contribution in [0.15, 0.2) is 48.7 Å². The fraction of sp³-hybridized carbons (Fsp3) is 0.333. The van der Waals surface area contributed by atoms with Crippen molar-refractivity contribution in [1.82, 2.24) is 10.3 Å². The minimum Gasteiger partial charge on any atom is -0.355 e. The van der Waals surface area contributed by atoms with E-state index in [1.165, 1.54) is 5.56 Å². The zero-order chi connectivity index (χ0) is 16.7. The van der Waals surface area contributed by atoms with Crippen LogP contribution >= 0.6 is 0 Å². The minimum atomic E-state index is -0.183. The number of nitrogens with one attached hydrogen (secondary N) is 1. The smallest absolute Gasteiger partial charge is 0.224 e. The van der Waals surface area contributed by atoms with Crippen LogP contribution in [-0.4, -0.2) is 24.5 Å². The van der Waals surface area contributed by atoms with Gasteiger partial charge in [-0.05, 0) is 11.6 Å². The Morgan fingerprint density at radius 2 is 2.00 bits per heavy atom. The normalized spacial score (nSPS) is 11.8. The first-order valence-electron chi connectivity index (χ1n) is 7.78. The average molecular weight is 312 g/mol. The molecule has 0 aliphatic rings. The summed E-state index contributed by atoms with van der Waals surface area (Å²) >= 11 is 0. The van der Waals surface area contributed by atoms with E-state index in [4.69, 9.17) is 5.73 Å². The SMILES string of the molecule is C[C@@H](CN)C(=O)NCc1cccnc1N(C)Cc1ccccc1. The molecule has 0 unspecified atom stereocenters. The fourth-order valence-corrected chi connectivity index (χ4v) is 2.31. The van der Waals surface area contributed by atoms with Crippen LogP contribution in [-0.2, 0) is 17.9 Å². The van der Waals surface area contributed by atoms with Gasteiger partial charge in [0.1, 0.15) is 5.82 Å². The lowest BCUT2D eigenvalue weighted by atomic mass is 10.1. The van der Waals surface area contributed by atoms with Crippen LogP contribution in [0.5, 0.6) is 0 Å². The Hall–Kier alpha value is -2.40. The van der Waals surface area contributed by atoms with E-state index < -0.39 is 0 Å². The molecule has 1 amide bonds. The van der Waals surface area contributed by atoms with E-state index in [2.05, 4.69) is 27.3 Å². The first-order valence-corrected chi connectivity index (χ1v) is 7.78. The molecule has 1 atom stereocenters. The molecule has 2 rings (SSSR count). The van der Waals surface area contributed by atoms with Gasteiger partial charge in [-0.3, -0.25) is 4.79 Å². The predicted octanol–water partition coefficient (Wildman–Crippen LogP) is 1.93. The fourth-order valence-electron chi connectivity index (χ4n) is 2.31. The van der Waals surface area contributed by atoms with Crippen LogP contribution in [0.1, 0.15) is 18.1 Å². The summed E-state index contributed by atoms with van der Waals surface area (Å²) in [5.74, 6) is 0.655. The van der Waals surface area contributed by atoms with Crippen LogP contribution in [0.4, 0.5) is 5.82 Å². The van der Waals surface area contributed by atoms with E-state index in [9.17, 15) is 4.79 Å². The topological polar surface area (TPSA) is 71.2 Å². The summed E-state index contributed by atoms with van der Waals surface area (Å²) in [4.78, 5) is 18.4. The number of benzene rings is 1. The molecular formula is C18H24N4O. The molecule has 0 aliphatic heterocycles. The van der Waals surface area contributed by atoms with Crippen molar-refractivity contribution in [2.45, 2.75) is 20.0 Å². The van der Waals surface area contributed by atoms with Gasteiger partial charge in [0.05, 0.1) is 0 Å². The lowest BCUT2D eigenvalue weighted by Crippen LogP contribution is -2.33. The first-order chi connectivity index (χ1) is 11.1. The molecule has 0 saturated heterocycles. The van der Waals surface area contributed by atoms with Crippen molar-refractivity contribution in [1.29, 1.82) is 0 Å². The van der Waals surface area contributed by atoms with E-state index in [1.807, 2.05) is 44.3 Å². The minimum absolute atomic E-state index is 0.0342. The molecule has 0 bridgehead atoms. The molecule has 0 spiro atoms. The summed E-state index contributed by atoms with van der Waals surface area (Å²) in [5.41, 5.74) is 7.73. The Morgan fingerprint density at radius 3 is 2.70 bits per heavy atom. The molecule has 0 radical (unpaired) electrons. The van der Waals surface area contributed by atoms with Gasteiger partial charge < -0.3 is 16.0 Å². The van der Waals surface area contributed by atoms with Crippen LogP contribution in [0.2, 0.25) is 0 Å². The van der Waals surface area contributed by atoms with E-state index in [0.717, 1.165) is 17.9 Å². The maximum atomic E-state index is 11.9. The number of hydrogen-bond donors (Lipinski definition) is 2. The monoisotopic (exact) mass is 312 g/mol. The van der Waals surface area contributed by atoms with Gasteiger partial charge in [-0.25, -0.2) is 4.98 Å². The largest absolute Gasteiger partial charge is 0.355 e. The molecule has 2 aromatic rings. The van der Waals surface area contributed by atoms with Crippen LogP contribution in [0, 0.1) is 5.92 Å². The number of aromatic nitrogens is 1. The summed E-state index contributed by atoms with van der Waals surface area (Å²) in [5, 5.41) is 2.92. The van der Waals surface area contributed by atoms with Crippen molar-refractivity contribution in [2.75, 3.05) is 18.5 Å². The van der Waals surface area contributed by atoms with E-state index in [1.54, 1.807) is 6.20 Å². The Morgan fingerprint density at radius 1 is 1.26 bits per heavy atom. The molecule has 1 aromatic carbocycles. The molecule has 5 heteroatoms. The third kappa shape index (κ3) is 4.79. The summed E-state index contributed by atoms with van der Waals surface area (Å²) in [7, 11) is 2.00. The van der Waals surface area contributed by atoms with Crippen LogP contribution in [0.3, 0.4) is 0 Å². The summed E-state index contributed by atoms with van der Waals surface area (Å²) in [6, 6.07) is 14.1. The highest BCUT2D eigenvalue weighted by Crippen LogP contribution is 2.18. The Bertz CT molecular complexity index is 630. The Labute approximate surface area is 137 Å². The van der Waals surface area contributed by atoms with Crippen molar-refractivity contribution >= 4 is 11.7 Å². The van der Waals surface area contributed by atoms with E-state index in [0.29, 0.717) is 13.1 Å². The number of carbonyl (C=O) groups is 1. The maximum Gasteiger partial charge on any atom is 0.224 e. The third-order valence-corrected chi connectivity index (χ3v) is 3.75. The van der Waals surface area contributed by atoms with Gasteiger partial charge >= 0.3 is 0 Å². The van der Waals surface area contributed by atoms with Gasteiger partial charge in [-0.1, -0.05) is 43.3 Å². The second-order valence-corrected chi connectivity index (χ2v) is 5.68. The molecule has 122 valence electrons. The molecule has 1 aromatic heterocycles. The molecular weight excluding hydrogens is 288 g/mol. The van der Waals surface area contributed by atoms with E-state index in [-0.39, 0.29) is 11.8 Å². The molecule has 1 heterocycles. The van der Waals surface area contributed by atoms with Crippen LogP contribution in [0.25, 0.3) is 0 Å². The number of hydrogen-bond acceptors (Lipinski definition) is 4. The highest BCUT2D eigenvalue weighted by atomic mass is 16.1.